The highest BCUT2D eigenvalue weighted by Gasteiger charge is 2.80. The second kappa shape index (κ2) is 9.82. The molecule has 3 unspecified atom stereocenters. The Morgan fingerprint density at radius 3 is 2.56 bits per heavy atom. The molecule has 7 atom stereocenters. The second-order valence-electron chi connectivity index (χ2n) is 10.5. The highest BCUT2D eigenvalue weighted by molar-refractivity contribution is 5.98. The summed E-state index contributed by atoms with van der Waals surface area (Å²) in [7, 11) is 0. The van der Waals surface area contributed by atoms with Crippen molar-refractivity contribution in [2.45, 2.75) is 83.2 Å². The molecule has 3 aliphatic rings. The van der Waals surface area contributed by atoms with Gasteiger partial charge in [0.1, 0.15) is 17.6 Å². The van der Waals surface area contributed by atoms with Gasteiger partial charge in [-0.2, -0.15) is 0 Å². The Morgan fingerprint density at radius 2 is 2.00 bits per heavy atom. The summed E-state index contributed by atoms with van der Waals surface area (Å²) in [5, 5.41) is 9.96. The molecule has 0 saturated carbocycles. The van der Waals surface area contributed by atoms with Crippen molar-refractivity contribution in [3.8, 4) is 0 Å². The summed E-state index contributed by atoms with van der Waals surface area (Å²) in [5.41, 5.74) is -2.06. The minimum absolute atomic E-state index is 0.0612. The molecule has 2 amide bonds. The van der Waals surface area contributed by atoms with Crippen molar-refractivity contribution in [3.63, 3.8) is 0 Å². The first-order valence-corrected chi connectivity index (χ1v) is 12.3. The van der Waals surface area contributed by atoms with Gasteiger partial charge >= 0.3 is 5.97 Å². The number of nitrogens with zero attached hydrogens (tertiary/aromatic N) is 2. The average Bonchev–Trinajstić information content (AvgIpc) is 3.30. The first kappa shape index (κ1) is 26.4. The van der Waals surface area contributed by atoms with Crippen molar-refractivity contribution < 1.29 is 29.0 Å². The van der Waals surface area contributed by atoms with Gasteiger partial charge in [-0.05, 0) is 52.9 Å². The summed E-state index contributed by atoms with van der Waals surface area (Å²) < 4.78 is 12.2. The van der Waals surface area contributed by atoms with Crippen LogP contribution in [-0.4, -0.2) is 81.8 Å². The van der Waals surface area contributed by atoms with Crippen molar-refractivity contribution in [2.75, 3.05) is 19.8 Å². The molecule has 0 radical (unpaired) electrons. The summed E-state index contributed by atoms with van der Waals surface area (Å²) in [6.45, 7) is 17.1. The maximum Gasteiger partial charge on any atom is 0.312 e. The van der Waals surface area contributed by atoms with Crippen LogP contribution in [0, 0.1) is 17.8 Å². The number of likely N-dealkylation sites (tertiary alicyclic amines) is 1. The zero-order chi connectivity index (χ0) is 25.4. The van der Waals surface area contributed by atoms with Crippen LogP contribution < -0.4 is 0 Å². The molecular weight excluding hydrogens is 436 g/mol. The van der Waals surface area contributed by atoms with Crippen molar-refractivity contribution >= 4 is 17.8 Å². The lowest BCUT2D eigenvalue weighted by molar-refractivity contribution is -0.163. The molecule has 8 nitrogen and oxygen atoms in total. The van der Waals surface area contributed by atoms with E-state index < -0.39 is 41.1 Å². The fourth-order valence-corrected chi connectivity index (χ4v) is 6.22. The molecular formula is C26H40N2O6. The van der Waals surface area contributed by atoms with Crippen molar-refractivity contribution in [1.82, 2.24) is 9.80 Å². The van der Waals surface area contributed by atoms with Crippen LogP contribution in [0.1, 0.15) is 53.9 Å². The number of carbonyl (C=O) groups excluding carboxylic acids is 3. The zero-order valence-electron chi connectivity index (χ0n) is 21.2. The summed E-state index contributed by atoms with van der Waals surface area (Å²) in [6.07, 6.45) is 5.27. The minimum Gasteiger partial charge on any atom is -0.465 e. The fraction of sp³-hybridized carbons (Fsp3) is 0.731. The van der Waals surface area contributed by atoms with Crippen molar-refractivity contribution in [2.24, 2.45) is 17.8 Å². The van der Waals surface area contributed by atoms with Gasteiger partial charge in [-0.3, -0.25) is 14.4 Å². The van der Waals surface area contributed by atoms with Gasteiger partial charge in [0, 0.05) is 12.6 Å². The van der Waals surface area contributed by atoms with E-state index in [1.165, 1.54) is 4.90 Å². The van der Waals surface area contributed by atoms with E-state index in [0.29, 0.717) is 19.4 Å². The van der Waals surface area contributed by atoms with Crippen LogP contribution in [0.15, 0.2) is 25.3 Å². The molecule has 3 rings (SSSR count). The monoisotopic (exact) mass is 476 g/mol. The molecule has 3 fully saturated rings. The molecule has 3 aliphatic heterocycles. The number of ether oxygens (including phenoxy) is 2. The van der Waals surface area contributed by atoms with E-state index in [4.69, 9.17) is 9.47 Å². The van der Waals surface area contributed by atoms with Crippen LogP contribution in [0.4, 0.5) is 0 Å². The summed E-state index contributed by atoms with van der Waals surface area (Å²) in [6, 6.07) is -1.66. The van der Waals surface area contributed by atoms with E-state index in [9.17, 15) is 19.5 Å². The molecule has 34 heavy (non-hydrogen) atoms. The van der Waals surface area contributed by atoms with E-state index in [1.807, 2.05) is 27.7 Å². The molecule has 3 saturated heterocycles. The number of amides is 2. The number of allylic oxidation sites excluding steroid dienone is 1. The van der Waals surface area contributed by atoms with E-state index in [-0.39, 0.29) is 37.0 Å². The largest absolute Gasteiger partial charge is 0.465 e. The maximum atomic E-state index is 14.0. The van der Waals surface area contributed by atoms with E-state index in [1.54, 1.807) is 24.0 Å². The van der Waals surface area contributed by atoms with Gasteiger partial charge in [0.2, 0.25) is 11.8 Å². The summed E-state index contributed by atoms with van der Waals surface area (Å²) in [4.78, 5) is 44.4. The molecule has 190 valence electrons. The first-order valence-electron chi connectivity index (χ1n) is 12.3. The van der Waals surface area contributed by atoms with Gasteiger partial charge < -0.3 is 24.4 Å². The molecule has 0 aromatic rings. The molecule has 1 spiro atoms. The lowest BCUT2D eigenvalue weighted by Crippen LogP contribution is -2.59. The van der Waals surface area contributed by atoms with Gasteiger partial charge in [-0.25, -0.2) is 0 Å². The Hall–Kier alpha value is -2.19. The third-order valence-corrected chi connectivity index (χ3v) is 8.01. The standard InChI is InChI=1S/C26H40N2O6/c1-8-10-11-13-33-24(32)20-19-22(30)28(18(6)15-29)21(23(31)27(12-9-2)16(3)4)26(19)14-17(5)25(20,7)34-26/h8-9,16-21,29H,1-2,10-15H2,3-7H3/t17?,18-,19+,20-,21?,25+,26?/m1/s1. The van der Waals surface area contributed by atoms with Crippen LogP contribution in [0.2, 0.25) is 0 Å². The number of carbonyl (C=O) groups is 3. The topological polar surface area (TPSA) is 96.4 Å². The van der Waals surface area contributed by atoms with Crippen molar-refractivity contribution in [3.05, 3.63) is 25.3 Å². The van der Waals surface area contributed by atoms with E-state index in [0.717, 1.165) is 6.42 Å². The number of aliphatic hydroxyl groups excluding tert-OH is 1. The van der Waals surface area contributed by atoms with Crippen LogP contribution >= 0.6 is 0 Å². The highest BCUT2D eigenvalue weighted by atomic mass is 16.6. The van der Waals surface area contributed by atoms with Crippen LogP contribution in [0.5, 0.6) is 0 Å². The quantitative estimate of drug-likeness (QED) is 0.279. The fourth-order valence-electron chi connectivity index (χ4n) is 6.22. The van der Waals surface area contributed by atoms with Crippen LogP contribution in [0.3, 0.4) is 0 Å². The van der Waals surface area contributed by atoms with E-state index in [2.05, 4.69) is 13.2 Å². The number of aliphatic hydroxyl groups is 1. The number of rotatable bonds is 11. The first-order chi connectivity index (χ1) is 16.0. The Bertz CT molecular complexity index is 843. The predicted octanol–water partition coefficient (Wildman–Crippen LogP) is 2.31. The van der Waals surface area contributed by atoms with Gasteiger partial charge in [0.05, 0.1) is 30.8 Å². The Labute approximate surface area is 202 Å². The predicted molar refractivity (Wildman–Crippen MR) is 128 cm³/mol. The smallest absolute Gasteiger partial charge is 0.312 e. The number of unbranched alkanes of at least 4 members (excludes halogenated alkanes) is 1. The third kappa shape index (κ3) is 3.88. The van der Waals surface area contributed by atoms with Gasteiger partial charge in [0.15, 0.2) is 0 Å². The Kier molecular flexibility index (Phi) is 7.63. The van der Waals surface area contributed by atoms with Gasteiger partial charge in [-0.15, -0.1) is 13.2 Å². The van der Waals surface area contributed by atoms with Gasteiger partial charge in [0.25, 0.3) is 0 Å². The molecule has 0 aliphatic carbocycles. The van der Waals surface area contributed by atoms with Crippen molar-refractivity contribution in [1.29, 1.82) is 0 Å². The maximum absolute atomic E-state index is 14.0. The lowest BCUT2D eigenvalue weighted by Gasteiger charge is -2.39. The highest BCUT2D eigenvalue weighted by Crippen LogP contribution is 2.65. The number of hydrogen-bond donors (Lipinski definition) is 1. The summed E-state index contributed by atoms with van der Waals surface area (Å²) >= 11 is 0. The average molecular weight is 477 g/mol. The third-order valence-electron chi connectivity index (χ3n) is 8.01. The number of hydrogen-bond acceptors (Lipinski definition) is 6. The Morgan fingerprint density at radius 1 is 1.32 bits per heavy atom. The minimum atomic E-state index is -1.15. The van der Waals surface area contributed by atoms with E-state index >= 15 is 0 Å². The molecule has 8 heteroatoms. The molecule has 3 heterocycles. The number of esters is 1. The SMILES string of the molecule is C=CCCCOC(=O)[C@H]1[C@H]2C(=O)N([C@H](C)CO)C(C(=O)N(CC=C)C(C)C)C23CC(C)[C@]1(C)O3. The molecule has 1 N–H and O–H groups in total. The molecule has 0 aromatic carbocycles. The number of fused-ring (bicyclic) bond motifs is 1. The normalized spacial score (nSPS) is 34.8. The summed E-state index contributed by atoms with van der Waals surface area (Å²) in [5.74, 6) is -2.75. The van der Waals surface area contributed by atoms with Crippen LogP contribution in [-0.2, 0) is 23.9 Å². The zero-order valence-corrected chi connectivity index (χ0v) is 21.2. The lowest BCUT2D eigenvalue weighted by atomic mass is 9.62. The Balaban J connectivity index is 2.06. The molecule has 0 aromatic heterocycles. The van der Waals surface area contributed by atoms with Crippen LogP contribution in [0.25, 0.3) is 0 Å². The molecule has 2 bridgehead atoms. The second-order valence-corrected chi connectivity index (χ2v) is 10.5. The van der Waals surface area contributed by atoms with Gasteiger partial charge in [-0.1, -0.05) is 19.1 Å².